The van der Waals surface area contributed by atoms with Gasteiger partial charge >= 0.3 is 0 Å². The van der Waals surface area contributed by atoms with Gasteiger partial charge in [0.1, 0.15) is 0 Å². The Labute approximate surface area is 511 Å². The molecule has 0 spiro atoms. The molecule has 12 aromatic carbocycles. The van der Waals surface area contributed by atoms with Crippen LogP contribution in [0, 0.1) is 0 Å². The molecular formula is C83H57N5. The molecule has 0 saturated carbocycles. The van der Waals surface area contributed by atoms with Crippen molar-refractivity contribution >= 4 is 66.7 Å². The first-order chi connectivity index (χ1) is 43.6. The normalized spacial score (nSPS) is 11.7. The summed E-state index contributed by atoms with van der Waals surface area (Å²) in [6, 6.07) is 107. The van der Waals surface area contributed by atoms with E-state index in [0.717, 1.165) is 145 Å². The van der Waals surface area contributed by atoms with Gasteiger partial charge in [0.25, 0.3) is 0 Å². The quantitative estimate of drug-likeness (QED) is 0.122. The minimum atomic E-state index is 0.632. The summed E-state index contributed by atoms with van der Waals surface area (Å²) in [5.74, 6) is 0.632. The molecule has 0 saturated heterocycles. The lowest BCUT2D eigenvalue weighted by Gasteiger charge is -2.22. The fourth-order valence-corrected chi connectivity index (χ4v) is 13.4. The lowest BCUT2D eigenvalue weighted by atomic mass is 9.92. The second-order valence-electron chi connectivity index (χ2n) is 22.4. The molecule has 0 atom stereocenters. The van der Waals surface area contributed by atoms with Crippen LogP contribution in [-0.2, 0) is 0 Å². The van der Waals surface area contributed by atoms with Crippen molar-refractivity contribution in [3.05, 3.63) is 321 Å². The van der Waals surface area contributed by atoms with Gasteiger partial charge in [-0.15, -0.1) is 0 Å². The van der Waals surface area contributed by atoms with Gasteiger partial charge in [0.2, 0.25) is 0 Å². The van der Waals surface area contributed by atoms with Crippen LogP contribution in [0.4, 0.5) is 0 Å². The first-order valence-electron chi connectivity index (χ1n) is 30.0. The predicted octanol–water partition coefficient (Wildman–Crippen LogP) is 22.0. The second kappa shape index (κ2) is 21.8. The molecule has 414 valence electrons. The molecule has 0 amide bonds. The van der Waals surface area contributed by atoms with Crippen molar-refractivity contribution in [3.8, 4) is 95.5 Å². The van der Waals surface area contributed by atoms with E-state index in [4.69, 9.17) is 9.97 Å². The fraction of sp³-hybridized carbons (Fsp3) is 0.0120. The number of para-hydroxylation sites is 3. The molecule has 0 N–H and O–H groups in total. The number of fused-ring (bicyclic) bond motifs is 7. The summed E-state index contributed by atoms with van der Waals surface area (Å²) in [7, 11) is 0. The second-order valence-corrected chi connectivity index (χ2v) is 22.4. The van der Waals surface area contributed by atoms with Gasteiger partial charge in [-0.1, -0.05) is 255 Å². The molecule has 0 bridgehead atoms. The third kappa shape index (κ3) is 8.70. The van der Waals surface area contributed by atoms with Gasteiger partial charge in [-0.05, 0) is 95.9 Å². The Bertz CT molecular complexity index is 5200. The fourth-order valence-electron chi connectivity index (χ4n) is 13.4. The zero-order valence-electron chi connectivity index (χ0n) is 48.5. The van der Waals surface area contributed by atoms with E-state index in [1.807, 2.05) is 6.08 Å². The molecule has 4 aromatic heterocycles. The third-order valence-electron chi connectivity index (χ3n) is 17.3. The molecule has 5 heteroatoms. The third-order valence-corrected chi connectivity index (χ3v) is 17.3. The Kier molecular flexibility index (Phi) is 12.8. The van der Waals surface area contributed by atoms with Gasteiger partial charge in [0, 0.05) is 71.4 Å². The Hall–Kier alpha value is -11.7. The number of hydrogen-bond acceptors (Lipinski definition) is 2. The Morgan fingerprint density at radius 3 is 1.09 bits per heavy atom. The summed E-state index contributed by atoms with van der Waals surface area (Å²) in [5.41, 5.74) is 24.0. The van der Waals surface area contributed by atoms with Crippen LogP contribution in [0.2, 0.25) is 0 Å². The van der Waals surface area contributed by atoms with Crippen LogP contribution in [0.5, 0.6) is 0 Å². The summed E-state index contributed by atoms with van der Waals surface area (Å²) in [4.78, 5) is 11.0. The maximum Gasteiger partial charge on any atom is 0.160 e. The first kappa shape index (κ1) is 51.9. The van der Waals surface area contributed by atoms with Gasteiger partial charge in [-0.3, -0.25) is 0 Å². The highest BCUT2D eigenvalue weighted by Gasteiger charge is 2.28. The lowest BCUT2D eigenvalue weighted by molar-refractivity contribution is 1.10. The average molecular weight is 1120 g/mol. The number of allylic oxidation sites excluding steroid dienone is 1. The van der Waals surface area contributed by atoms with E-state index in [9.17, 15) is 0 Å². The van der Waals surface area contributed by atoms with Crippen molar-refractivity contribution in [3.63, 3.8) is 0 Å². The van der Waals surface area contributed by atoms with Gasteiger partial charge < -0.3 is 13.7 Å². The van der Waals surface area contributed by atoms with E-state index in [1.165, 1.54) is 10.8 Å². The van der Waals surface area contributed by atoms with E-state index in [0.29, 0.717) is 5.82 Å². The van der Waals surface area contributed by atoms with Crippen LogP contribution < -0.4 is 0 Å². The molecule has 4 heterocycles. The topological polar surface area (TPSA) is 40.6 Å². The summed E-state index contributed by atoms with van der Waals surface area (Å²) in [6.07, 6.45) is 6.37. The van der Waals surface area contributed by atoms with E-state index >= 15 is 0 Å². The molecule has 0 aliphatic heterocycles. The van der Waals surface area contributed by atoms with Crippen molar-refractivity contribution in [2.75, 3.05) is 0 Å². The molecule has 5 nitrogen and oxygen atoms in total. The molecule has 0 radical (unpaired) electrons. The van der Waals surface area contributed by atoms with E-state index in [1.54, 1.807) is 0 Å². The van der Waals surface area contributed by atoms with E-state index in [2.05, 4.69) is 337 Å². The van der Waals surface area contributed by atoms with Gasteiger partial charge in [0.15, 0.2) is 5.82 Å². The predicted molar refractivity (Wildman–Crippen MR) is 370 cm³/mol. The lowest BCUT2D eigenvalue weighted by Crippen LogP contribution is -2.05. The number of hydrogen-bond donors (Lipinski definition) is 0. The minimum Gasteiger partial charge on any atom is -0.309 e. The largest absolute Gasteiger partial charge is 0.309 e. The molecule has 16 rings (SSSR count). The molecular weight excluding hydrogens is 1070 g/mol. The zero-order valence-corrected chi connectivity index (χ0v) is 48.5. The number of aromatic nitrogens is 5. The summed E-state index contributed by atoms with van der Waals surface area (Å²) in [5, 5.41) is 5.78. The summed E-state index contributed by atoms with van der Waals surface area (Å²) >= 11 is 0. The highest BCUT2D eigenvalue weighted by molar-refractivity contribution is 6.17. The van der Waals surface area contributed by atoms with Crippen LogP contribution >= 0.6 is 0 Å². The number of rotatable bonds is 12. The van der Waals surface area contributed by atoms with E-state index < -0.39 is 0 Å². The Balaban J connectivity index is 1.11. The highest BCUT2D eigenvalue weighted by Crippen LogP contribution is 2.49. The van der Waals surface area contributed by atoms with Crippen LogP contribution in [0.1, 0.15) is 18.2 Å². The number of nitrogens with zero attached hydrogens (tertiary/aromatic N) is 5. The summed E-state index contributed by atoms with van der Waals surface area (Å²) < 4.78 is 7.49. The first-order valence-corrected chi connectivity index (χ1v) is 30.0. The highest BCUT2D eigenvalue weighted by atomic mass is 15.0. The van der Waals surface area contributed by atoms with Gasteiger partial charge in [-0.2, -0.15) is 0 Å². The van der Waals surface area contributed by atoms with Crippen LogP contribution in [0.15, 0.2) is 310 Å². The molecule has 0 fully saturated rings. The zero-order chi connectivity index (χ0) is 58.7. The average Bonchev–Trinajstić information content (AvgIpc) is 1.59. The van der Waals surface area contributed by atoms with Gasteiger partial charge in [0.05, 0.1) is 61.7 Å². The van der Waals surface area contributed by atoms with Crippen molar-refractivity contribution in [1.29, 1.82) is 0 Å². The molecule has 0 aliphatic rings. The SMILES string of the molecule is C=Cc1c(/C=C\C)c2ccccc2n1-c1cc2c(cc1-c1ccccc1)c1cc(-c3ccccc3)c(-n3c4ccccc4c4ccccc43)cc1n2-c1c(-c2ccccc2)cc(-c2nc(-c3ccccc3)cc(-c3ccccc3)n2)cc1-c1ccccc1. The Morgan fingerprint density at radius 2 is 0.670 bits per heavy atom. The van der Waals surface area contributed by atoms with Crippen LogP contribution in [0.25, 0.3) is 162 Å². The van der Waals surface area contributed by atoms with Crippen molar-refractivity contribution in [2.24, 2.45) is 0 Å². The Morgan fingerprint density at radius 1 is 0.307 bits per heavy atom. The smallest absolute Gasteiger partial charge is 0.160 e. The summed E-state index contributed by atoms with van der Waals surface area (Å²) in [6.45, 7) is 6.62. The maximum atomic E-state index is 5.49. The molecule has 0 unspecified atom stereocenters. The molecule has 16 aromatic rings. The standard InChI is InChI=1S/C83H57N5/c1-3-29-62-63-42-23-26-45-75(63)86(74(62)4-2)78-53-80-70(50-66(78)55-30-11-5-12-31-55)71-51-67(56-32-13-6-14-33-56)79(87-76-46-27-24-43-64(76)65-44-25-28-47-77(65)87)54-81(71)88(80)82-68(57-34-15-7-16-35-57)48-61(49-69(82)58-36-17-8-18-37-58)83-84-72(59-38-19-9-20-39-59)52-73(85-83)60-40-21-10-22-41-60/h3-54H,2H2,1H3/b29-3-. The molecule has 0 aliphatic carbocycles. The van der Waals surface area contributed by atoms with Crippen LogP contribution in [0.3, 0.4) is 0 Å². The monoisotopic (exact) mass is 1120 g/mol. The van der Waals surface area contributed by atoms with Gasteiger partial charge in [-0.25, -0.2) is 9.97 Å². The number of benzene rings is 12. The van der Waals surface area contributed by atoms with Crippen molar-refractivity contribution < 1.29 is 0 Å². The van der Waals surface area contributed by atoms with Crippen molar-refractivity contribution in [2.45, 2.75) is 6.92 Å². The van der Waals surface area contributed by atoms with Crippen LogP contribution in [-0.4, -0.2) is 23.7 Å². The van der Waals surface area contributed by atoms with Crippen molar-refractivity contribution in [1.82, 2.24) is 23.7 Å². The minimum absolute atomic E-state index is 0.632. The maximum absolute atomic E-state index is 5.49. The molecule has 88 heavy (non-hydrogen) atoms. The van der Waals surface area contributed by atoms with E-state index in [-0.39, 0.29) is 0 Å².